The molecule has 1 saturated heterocycles. The number of likely N-dealkylation sites (tertiary alicyclic amines) is 1. The fraction of sp³-hybridized carbons (Fsp3) is 0.600. The van der Waals surface area contributed by atoms with E-state index in [-0.39, 0.29) is 36.1 Å². The maximum Gasteiger partial charge on any atom is 0.409 e. The van der Waals surface area contributed by atoms with Crippen LogP contribution in [-0.2, 0) is 16.0 Å². The zero-order valence-electron chi connectivity index (χ0n) is 17.5. The molecule has 9 heteroatoms. The average Bonchev–Trinajstić information content (AvgIpc) is 2.68. The van der Waals surface area contributed by atoms with E-state index in [4.69, 9.17) is 19.9 Å². The molecule has 2 rings (SSSR count). The number of guanidine groups is 1. The first-order valence-electron chi connectivity index (χ1n) is 9.73. The van der Waals surface area contributed by atoms with Gasteiger partial charge in [-0.25, -0.2) is 9.79 Å². The topological polar surface area (TPSA) is 98.4 Å². The van der Waals surface area contributed by atoms with Crippen LogP contribution >= 0.6 is 24.0 Å². The van der Waals surface area contributed by atoms with Crippen LogP contribution in [0.25, 0.3) is 0 Å². The summed E-state index contributed by atoms with van der Waals surface area (Å²) < 4.78 is 15.9. The Morgan fingerprint density at radius 1 is 1.31 bits per heavy atom. The van der Waals surface area contributed by atoms with Gasteiger partial charge in [-0.2, -0.15) is 0 Å². The van der Waals surface area contributed by atoms with E-state index < -0.39 is 0 Å². The molecule has 1 aliphatic heterocycles. The predicted molar refractivity (Wildman–Crippen MR) is 124 cm³/mol. The van der Waals surface area contributed by atoms with Crippen LogP contribution in [0.15, 0.2) is 23.2 Å². The van der Waals surface area contributed by atoms with Crippen LogP contribution in [0, 0.1) is 6.92 Å². The third-order valence-electron chi connectivity index (χ3n) is 4.56. The molecular weight excluding hydrogens is 487 g/mol. The molecule has 0 saturated carbocycles. The maximum absolute atomic E-state index is 11.8. The van der Waals surface area contributed by atoms with Gasteiger partial charge in [-0.05, 0) is 38.3 Å². The van der Waals surface area contributed by atoms with Crippen LogP contribution in [-0.4, -0.2) is 63.0 Å². The van der Waals surface area contributed by atoms with Gasteiger partial charge < -0.3 is 30.2 Å². The van der Waals surface area contributed by atoms with Gasteiger partial charge in [-0.15, -0.1) is 24.0 Å². The Balaban J connectivity index is 0.00000420. The van der Waals surface area contributed by atoms with E-state index >= 15 is 0 Å². The van der Waals surface area contributed by atoms with Gasteiger partial charge in [-0.3, -0.25) is 0 Å². The van der Waals surface area contributed by atoms with Crippen LogP contribution in [0.1, 0.15) is 30.9 Å². The third kappa shape index (κ3) is 8.65. The SMILES string of the molecule is CCOC(=O)N1CCC(NC(N)=NCc2ccc(C)cc2OCCOC)CC1.I. The third-order valence-corrected chi connectivity index (χ3v) is 4.56. The van der Waals surface area contributed by atoms with Crippen molar-refractivity contribution in [2.45, 2.75) is 39.3 Å². The minimum absolute atomic E-state index is 0. The van der Waals surface area contributed by atoms with Crippen molar-refractivity contribution in [3.63, 3.8) is 0 Å². The van der Waals surface area contributed by atoms with Crippen molar-refractivity contribution < 1.29 is 19.0 Å². The standard InChI is InChI=1S/C20H32N4O4.HI/c1-4-27-20(25)24-9-7-17(8-10-24)23-19(21)22-14-16-6-5-15(2)13-18(16)28-12-11-26-3;/h5-6,13,17H,4,7-12,14H2,1-3H3,(H3,21,22,23);1H. The lowest BCUT2D eigenvalue weighted by Crippen LogP contribution is -2.48. The predicted octanol–water partition coefficient (Wildman–Crippen LogP) is 2.66. The van der Waals surface area contributed by atoms with Crippen LogP contribution in [0.4, 0.5) is 4.79 Å². The molecule has 0 spiro atoms. The highest BCUT2D eigenvalue weighted by Gasteiger charge is 2.23. The Morgan fingerprint density at radius 2 is 2.03 bits per heavy atom. The van der Waals surface area contributed by atoms with Crippen LogP contribution in [0.3, 0.4) is 0 Å². The summed E-state index contributed by atoms with van der Waals surface area (Å²) in [7, 11) is 1.65. The normalized spacial score (nSPS) is 14.9. The number of benzene rings is 1. The van der Waals surface area contributed by atoms with Gasteiger partial charge in [0.2, 0.25) is 0 Å². The Labute approximate surface area is 190 Å². The summed E-state index contributed by atoms with van der Waals surface area (Å²) in [5.74, 6) is 1.20. The maximum atomic E-state index is 11.8. The summed E-state index contributed by atoms with van der Waals surface area (Å²) in [6.07, 6.45) is 1.37. The fourth-order valence-corrected chi connectivity index (χ4v) is 3.01. The molecule has 1 aliphatic rings. The van der Waals surface area contributed by atoms with E-state index in [1.54, 1.807) is 12.0 Å². The summed E-state index contributed by atoms with van der Waals surface area (Å²) in [6.45, 7) is 6.99. The molecule has 1 heterocycles. The average molecular weight is 520 g/mol. The fourth-order valence-electron chi connectivity index (χ4n) is 3.01. The van der Waals surface area contributed by atoms with Crippen LogP contribution < -0.4 is 15.8 Å². The Kier molecular flexibility index (Phi) is 11.7. The second kappa shape index (κ2) is 13.5. The molecule has 0 aliphatic carbocycles. The van der Waals surface area contributed by atoms with Gasteiger partial charge in [0.1, 0.15) is 12.4 Å². The molecule has 0 bridgehead atoms. The number of halogens is 1. The zero-order valence-corrected chi connectivity index (χ0v) is 19.8. The number of amides is 1. The van der Waals surface area contributed by atoms with Gasteiger partial charge in [0.25, 0.3) is 0 Å². The van der Waals surface area contributed by atoms with Crippen molar-refractivity contribution in [2.24, 2.45) is 10.7 Å². The molecule has 0 radical (unpaired) electrons. The molecular formula is C20H33IN4O4. The number of aliphatic imine (C=N–C) groups is 1. The number of nitrogens with two attached hydrogens (primary N) is 1. The Bertz CT molecular complexity index is 664. The molecule has 1 amide bonds. The molecule has 1 aromatic carbocycles. The van der Waals surface area contributed by atoms with Crippen molar-refractivity contribution in [3.05, 3.63) is 29.3 Å². The Hall–Kier alpha value is -1.75. The molecule has 3 N–H and O–H groups in total. The number of hydrogen-bond acceptors (Lipinski definition) is 5. The number of nitrogens with zero attached hydrogens (tertiary/aromatic N) is 2. The highest BCUT2D eigenvalue weighted by Crippen LogP contribution is 2.21. The first-order chi connectivity index (χ1) is 13.5. The number of hydrogen-bond donors (Lipinski definition) is 2. The van der Waals surface area contributed by atoms with E-state index in [0.29, 0.717) is 45.4 Å². The zero-order chi connectivity index (χ0) is 20.4. The second-order valence-corrected chi connectivity index (χ2v) is 6.76. The molecule has 29 heavy (non-hydrogen) atoms. The highest BCUT2D eigenvalue weighted by atomic mass is 127. The monoisotopic (exact) mass is 520 g/mol. The molecule has 0 atom stereocenters. The molecule has 1 aromatic rings. The number of carbonyl (C=O) groups is 1. The quantitative estimate of drug-likeness (QED) is 0.237. The number of nitrogens with one attached hydrogen (secondary N) is 1. The van der Waals surface area contributed by atoms with Crippen molar-refractivity contribution >= 4 is 36.0 Å². The Morgan fingerprint density at radius 3 is 2.69 bits per heavy atom. The van der Waals surface area contributed by atoms with Gasteiger partial charge in [-0.1, -0.05) is 12.1 Å². The number of ether oxygens (including phenoxy) is 3. The van der Waals surface area contributed by atoms with Gasteiger partial charge in [0.15, 0.2) is 5.96 Å². The van der Waals surface area contributed by atoms with E-state index in [1.165, 1.54) is 0 Å². The molecule has 0 aromatic heterocycles. The van der Waals surface area contributed by atoms with Crippen LogP contribution in [0.2, 0.25) is 0 Å². The van der Waals surface area contributed by atoms with Crippen molar-refractivity contribution in [2.75, 3.05) is 40.0 Å². The molecule has 8 nitrogen and oxygen atoms in total. The minimum atomic E-state index is -0.247. The van der Waals surface area contributed by atoms with E-state index in [1.807, 2.05) is 32.0 Å². The smallest absolute Gasteiger partial charge is 0.409 e. The summed E-state index contributed by atoms with van der Waals surface area (Å²) in [5, 5.41) is 3.25. The lowest BCUT2D eigenvalue weighted by atomic mass is 10.1. The van der Waals surface area contributed by atoms with Crippen molar-refractivity contribution in [1.29, 1.82) is 0 Å². The summed E-state index contributed by atoms with van der Waals surface area (Å²) in [6, 6.07) is 6.23. The summed E-state index contributed by atoms with van der Waals surface area (Å²) in [4.78, 5) is 17.9. The van der Waals surface area contributed by atoms with Crippen LogP contribution in [0.5, 0.6) is 5.75 Å². The number of aryl methyl sites for hydroxylation is 1. The number of carbonyl (C=O) groups excluding carboxylic acids is 1. The molecule has 1 fully saturated rings. The highest BCUT2D eigenvalue weighted by molar-refractivity contribution is 14.0. The van der Waals surface area contributed by atoms with Crippen molar-refractivity contribution in [3.8, 4) is 5.75 Å². The minimum Gasteiger partial charge on any atom is -0.491 e. The lowest BCUT2D eigenvalue weighted by Gasteiger charge is -2.31. The first-order valence-corrected chi connectivity index (χ1v) is 9.73. The second-order valence-electron chi connectivity index (χ2n) is 6.76. The van der Waals surface area contributed by atoms with Gasteiger partial charge in [0, 0.05) is 31.8 Å². The summed E-state index contributed by atoms with van der Waals surface area (Å²) in [5.41, 5.74) is 8.17. The number of piperidine rings is 1. The first kappa shape index (κ1) is 25.3. The molecule has 0 unspecified atom stereocenters. The largest absolute Gasteiger partial charge is 0.491 e. The van der Waals surface area contributed by atoms with E-state index in [2.05, 4.69) is 10.3 Å². The van der Waals surface area contributed by atoms with Gasteiger partial charge in [0.05, 0.1) is 19.8 Å². The van der Waals surface area contributed by atoms with E-state index in [0.717, 1.165) is 29.7 Å². The number of methoxy groups -OCH3 is 1. The van der Waals surface area contributed by atoms with Crippen molar-refractivity contribution in [1.82, 2.24) is 10.2 Å². The summed E-state index contributed by atoms with van der Waals surface area (Å²) >= 11 is 0. The lowest BCUT2D eigenvalue weighted by molar-refractivity contribution is 0.0963. The molecule has 164 valence electrons. The van der Waals surface area contributed by atoms with Gasteiger partial charge >= 0.3 is 6.09 Å². The number of rotatable bonds is 8. The van der Waals surface area contributed by atoms with E-state index in [9.17, 15) is 4.79 Å².